The summed E-state index contributed by atoms with van der Waals surface area (Å²) in [5.41, 5.74) is 6.62. The summed E-state index contributed by atoms with van der Waals surface area (Å²) in [5.74, 6) is -0.277. The maximum Gasteiger partial charge on any atom is 0.250 e. The fraction of sp³-hybridized carbons (Fsp3) is 0.500. The minimum Gasteiger partial charge on any atom is -0.399 e. The maximum absolute atomic E-state index is 11.6. The standard InChI is InChI=1S/C14H21ClN2O4/c1-19-5-2-6-20-7-8-21-10-14(18)17-13-4-3-11(16)9-12(13)15/h3-4,9H,2,5-8,10,16H2,1H3,(H,17,18). The molecule has 0 spiro atoms. The zero-order valence-corrected chi connectivity index (χ0v) is 12.8. The number of rotatable bonds is 10. The van der Waals surface area contributed by atoms with E-state index in [2.05, 4.69) is 5.32 Å². The van der Waals surface area contributed by atoms with Gasteiger partial charge < -0.3 is 25.3 Å². The first-order valence-corrected chi connectivity index (χ1v) is 7.00. The summed E-state index contributed by atoms with van der Waals surface area (Å²) in [7, 11) is 1.65. The van der Waals surface area contributed by atoms with E-state index in [1.807, 2.05) is 0 Å². The lowest BCUT2D eigenvalue weighted by Gasteiger charge is -2.08. The first kappa shape index (κ1) is 17.7. The molecule has 0 bridgehead atoms. The molecule has 0 aliphatic carbocycles. The third-order valence-corrected chi connectivity index (χ3v) is 2.82. The number of anilines is 2. The van der Waals surface area contributed by atoms with Crippen LogP contribution in [0.4, 0.5) is 11.4 Å². The Balaban J connectivity index is 2.11. The topological polar surface area (TPSA) is 82.8 Å². The maximum atomic E-state index is 11.6. The highest BCUT2D eigenvalue weighted by Crippen LogP contribution is 2.23. The van der Waals surface area contributed by atoms with Crippen LogP contribution in [0.25, 0.3) is 0 Å². The zero-order valence-electron chi connectivity index (χ0n) is 12.1. The van der Waals surface area contributed by atoms with E-state index in [9.17, 15) is 4.79 Å². The molecular weight excluding hydrogens is 296 g/mol. The molecule has 0 atom stereocenters. The molecule has 1 amide bonds. The molecule has 1 aromatic carbocycles. The van der Waals surface area contributed by atoms with Gasteiger partial charge in [-0.3, -0.25) is 4.79 Å². The molecule has 0 aliphatic heterocycles. The molecule has 7 heteroatoms. The van der Waals surface area contributed by atoms with Gasteiger partial charge in [-0.25, -0.2) is 0 Å². The monoisotopic (exact) mass is 316 g/mol. The second-order valence-electron chi connectivity index (χ2n) is 4.30. The van der Waals surface area contributed by atoms with Crippen molar-refractivity contribution in [1.29, 1.82) is 0 Å². The number of benzene rings is 1. The minimum absolute atomic E-state index is 0.0534. The lowest BCUT2D eigenvalue weighted by Crippen LogP contribution is -2.20. The number of ether oxygens (including phenoxy) is 3. The summed E-state index contributed by atoms with van der Waals surface area (Å²) < 4.78 is 15.4. The Morgan fingerprint density at radius 3 is 2.71 bits per heavy atom. The van der Waals surface area contributed by atoms with E-state index in [-0.39, 0.29) is 12.5 Å². The van der Waals surface area contributed by atoms with Crippen LogP contribution in [0, 0.1) is 0 Å². The number of methoxy groups -OCH3 is 1. The normalized spacial score (nSPS) is 10.6. The third-order valence-electron chi connectivity index (χ3n) is 2.51. The number of hydrogen-bond acceptors (Lipinski definition) is 5. The molecule has 21 heavy (non-hydrogen) atoms. The SMILES string of the molecule is COCCCOCCOCC(=O)Nc1ccc(N)cc1Cl. The van der Waals surface area contributed by atoms with Crippen molar-refractivity contribution in [1.82, 2.24) is 0 Å². The van der Waals surface area contributed by atoms with Gasteiger partial charge >= 0.3 is 0 Å². The first-order chi connectivity index (χ1) is 10.1. The average molecular weight is 317 g/mol. The fourth-order valence-electron chi connectivity index (χ4n) is 1.51. The Hall–Kier alpha value is -1.34. The summed E-state index contributed by atoms with van der Waals surface area (Å²) in [4.78, 5) is 11.6. The van der Waals surface area contributed by atoms with Gasteiger partial charge in [-0.2, -0.15) is 0 Å². The van der Waals surface area contributed by atoms with Crippen molar-refractivity contribution in [2.75, 3.05) is 51.2 Å². The number of carbonyl (C=O) groups is 1. The Bertz CT molecular complexity index is 443. The van der Waals surface area contributed by atoms with Crippen LogP contribution >= 0.6 is 11.6 Å². The highest BCUT2D eigenvalue weighted by molar-refractivity contribution is 6.34. The number of nitrogen functional groups attached to an aromatic ring is 1. The van der Waals surface area contributed by atoms with E-state index in [4.69, 9.17) is 31.5 Å². The Morgan fingerprint density at radius 2 is 2.00 bits per heavy atom. The van der Waals surface area contributed by atoms with Crippen molar-refractivity contribution in [2.45, 2.75) is 6.42 Å². The average Bonchev–Trinajstić information content (AvgIpc) is 2.45. The molecule has 118 valence electrons. The number of nitrogens with two attached hydrogens (primary N) is 1. The molecule has 0 aromatic heterocycles. The van der Waals surface area contributed by atoms with E-state index in [0.29, 0.717) is 42.8 Å². The van der Waals surface area contributed by atoms with Crippen LogP contribution in [0.1, 0.15) is 6.42 Å². The van der Waals surface area contributed by atoms with Crippen LogP contribution in [0.15, 0.2) is 18.2 Å². The van der Waals surface area contributed by atoms with Crippen molar-refractivity contribution in [3.05, 3.63) is 23.2 Å². The molecule has 0 heterocycles. The molecule has 0 fully saturated rings. The molecule has 0 unspecified atom stereocenters. The van der Waals surface area contributed by atoms with Crippen LogP contribution < -0.4 is 11.1 Å². The minimum atomic E-state index is -0.277. The van der Waals surface area contributed by atoms with Gasteiger partial charge in [0.15, 0.2) is 0 Å². The van der Waals surface area contributed by atoms with Crippen LogP contribution in [0.3, 0.4) is 0 Å². The van der Waals surface area contributed by atoms with Gasteiger partial charge in [0.25, 0.3) is 0 Å². The van der Waals surface area contributed by atoms with Crippen LogP contribution in [0.5, 0.6) is 0 Å². The van der Waals surface area contributed by atoms with Crippen LogP contribution in [-0.4, -0.2) is 46.1 Å². The fourth-order valence-corrected chi connectivity index (χ4v) is 1.75. The van der Waals surface area contributed by atoms with E-state index in [1.54, 1.807) is 25.3 Å². The molecule has 6 nitrogen and oxygen atoms in total. The van der Waals surface area contributed by atoms with Crippen molar-refractivity contribution in [2.24, 2.45) is 0 Å². The second-order valence-corrected chi connectivity index (χ2v) is 4.71. The largest absolute Gasteiger partial charge is 0.399 e. The number of hydrogen-bond donors (Lipinski definition) is 2. The summed E-state index contributed by atoms with van der Waals surface area (Å²) in [5, 5.41) is 3.04. The predicted molar refractivity (Wildman–Crippen MR) is 82.6 cm³/mol. The highest BCUT2D eigenvalue weighted by Gasteiger charge is 2.06. The van der Waals surface area contributed by atoms with Gasteiger partial charge in [0, 0.05) is 26.0 Å². The molecule has 0 saturated carbocycles. The number of halogens is 1. The molecule has 0 saturated heterocycles. The van der Waals surface area contributed by atoms with E-state index in [1.165, 1.54) is 0 Å². The van der Waals surface area contributed by atoms with Gasteiger partial charge in [0.1, 0.15) is 6.61 Å². The molecule has 3 N–H and O–H groups in total. The van der Waals surface area contributed by atoms with Crippen LogP contribution in [0.2, 0.25) is 5.02 Å². The summed E-state index contributed by atoms with van der Waals surface area (Å²) in [6.45, 7) is 2.04. The van der Waals surface area contributed by atoms with Crippen molar-refractivity contribution in [3.8, 4) is 0 Å². The second kappa shape index (κ2) is 10.4. The Morgan fingerprint density at radius 1 is 1.24 bits per heavy atom. The smallest absolute Gasteiger partial charge is 0.250 e. The van der Waals surface area contributed by atoms with Gasteiger partial charge in [-0.1, -0.05) is 11.6 Å². The van der Waals surface area contributed by atoms with Gasteiger partial charge in [0.2, 0.25) is 5.91 Å². The molecule has 1 aromatic rings. The van der Waals surface area contributed by atoms with Gasteiger partial charge in [-0.15, -0.1) is 0 Å². The summed E-state index contributed by atoms with van der Waals surface area (Å²) >= 11 is 5.95. The molecule has 0 radical (unpaired) electrons. The van der Waals surface area contributed by atoms with Crippen molar-refractivity contribution in [3.63, 3.8) is 0 Å². The summed E-state index contributed by atoms with van der Waals surface area (Å²) in [6.07, 6.45) is 0.840. The lowest BCUT2D eigenvalue weighted by molar-refractivity contribution is -0.121. The van der Waals surface area contributed by atoms with Gasteiger partial charge in [-0.05, 0) is 24.6 Å². The molecule has 1 rings (SSSR count). The van der Waals surface area contributed by atoms with E-state index < -0.39 is 0 Å². The Kier molecular flexibility index (Phi) is 8.77. The molecular formula is C14H21ClN2O4. The first-order valence-electron chi connectivity index (χ1n) is 6.62. The third kappa shape index (κ3) is 7.87. The van der Waals surface area contributed by atoms with Crippen molar-refractivity contribution < 1.29 is 19.0 Å². The van der Waals surface area contributed by atoms with Crippen molar-refractivity contribution >= 4 is 28.9 Å². The van der Waals surface area contributed by atoms with E-state index in [0.717, 1.165) is 6.42 Å². The number of nitrogens with one attached hydrogen (secondary N) is 1. The zero-order chi connectivity index (χ0) is 15.5. The number of amides is 1. The highest BCUT2D eigenvalue weighted by atomic mass is 35.5. The van der Waals surface area contributed by atoms with E-state index >= 15 is 0 Å². The quantitative estimate of drug-likeness (QED) is 0.509. The predicted octanol–water partition coefficient (Wildman–Crippen LogP) is 1.93. The lowest BCUT2D eigenvalue weighted by atomic mass is 10.3. The Labute approximate surface area is 129 Å². The molecule has 0 aliphatic rings. The van der Waals surface area contributed by atoms with Gasteiger partial charge in [0.05, 0.1) is 23.9 Å². The van der Waals surface area contributed by atoms with Crippen LogP contribution in [-0.2, 0) is 19.0 Å². The summed E-state index contributed by atoms with van der Waals surface area (Å²) in [6, 6.07) is 4.89. The number of carbonyl (C=O) groups excluding carboxylic acids is 1.